The monoisotopic (exact) mass is 404 g/mol. The lowest BCUT2D eigenvalue weighted by Crippen LogP contribution is -2.18. The summed E-state index contributed by atoms with van der Waals surface area (Å²) in [4.78, 5) is 11.9. The molecule has 1 aliphatic heterocycles. The molecule has 0 saturated carbocycles. The number of nitrogens with one attached hydrogen (secondary N) is 1. The Balaban J connectivity index is 1.30. The Bertz CT molecular complexity index is 1020. The van der Waals surface area contributed by atoms with Crippen molar-refractivity contribution in [3.63, 3.8) is 0 Å². The highest BCUT2D eigenvalue weighted by molar-refractivity contribution is 6.31. The Morgan fingerprint density at radius 1 is 1.18 bits per heavy atom. The summed E-state index contributed by atoms with van der Waals surface area (Å²) in [5.74, 6) is 0.911. The topological polar surface area (TPSA) is 82.8 Å². The second-order valence-electron chi connectivity index (χ2n) is 5.92. The maximum Gasteiger partial charge on any atom is 0.250 e. The number of hydrogen-bond donors (Lipinski definition) is 1. The Labute approximate surface area is 163 Å². The normalized spacial score (nSPS) is 12.2. The standard InChI is InChI=1S/C19H14ClFN2O5/c20-14-6-12(2-3-15(14)21)22-19(24)9-25-8-13-7-17(28-23-13)11-1-4-16-18(5-11)27-10-26-16/h1-7H,8-10H2,(H,22,24). The van der Waals surface area contributed by atoms with E-state index in [1.807, 2.05) is 6.07 Å². The van der Waals surface area contributed by atoms with Crippen LogP contribution in [0.4, 0.5) is 10.1 Å². The minimum atomic E-state index is -0.555. The molecule has 0 spiro atoms. The summed E-state index contributed by atoms with van der Waals surface area (Å²) in [6.07, 6.45) is 0. The van der Waals surface area contributed by atoms with Gasteiger partial charge in [0.25, 0.3) is 0 Å². The first-order valence-electron chi connectivity index (χ1n) is 8.27. The van der Waals surface area contributed by atoms with Gasteiger partial charge in [0.1, 0.15) is 18.1 Å². The molecule has 1 N–H and O–H groups in total. The van der Waals surface area contributed by atoms with Crippen LogP contribution in [0.25, 0.3) is 11.3 Å². The Hall–Kier alpha value is -3.10. The van der Waals surface area contributed by atoms with Gasteiger partial charge in [-0.1, -0.05) is 16.8 Å². The highest BCUT2D eigenvalue weighted by Gasteiger charge is 2.16. The van der Waals surface area contributed by atoms with Crippen LogP contribution in [0.3, 0.4) is 0 Å². The van der Waals surface area contributed by atoms with Crippen LogP contribution < -0.4 is 14.8 Å². The number of rotatable bonds is 6. The zero-order valence-electron chi connectivity index (χ0n) is 14.4. The smallest absolute Gasteiger partial charge is 0.250 e. The second-order valence-corrected chi connectivity index (χ2v) is 6.33. The number of aromatic nitrogens is 1. The van der Waals surface area contributed by atoms with Gasteiger partial charge < -0.3 is 24.1 Å². The van der Waals surface area contributed by atoms with E-state index in [0.717, 1.165) is 5.56 Å². The summed E-state index contributed by atoms with van der Waals surface area (Å²) in [6.45, 7) is 0.0767. The van der Waals surface area contributed by atoms with E-state index < -0.39 is 11.7 Å². The third-order valence-electron chi connectivity index (χ3n) is 3.90. The number of hydrogen-bond acceptors (Lipinski definition) is 6. The van der Waals surface area contributed by atoms with Crippen molar-refractivity contribution in [2.45, 2.75) is 6.61 Å². The summed E-state index contributed by atoms with van der Waals surface area (Å²) in [6, 6.07) is 11.1. The van der Waals surface area contributed by atoms with Gasteiger partial charge in [0.05, 0.1) is 11.6 Å². The van der Waals surface area contributed by atoms with E-state index >= 15 is 0 Å². The molecule has 3 aromatic rings. The largest absolute Gasteiger partial charge is 0.454 e. The quantitative estimate of drug-likeness (QED) is 0.668. The summed E-state index contributed by atoms with van der Waals surface area (Å²) < 4.78 is 34.4. The third kappa shape index (κ3) is 4.08. The van der Waals surface area contributed by atoms with E-state index in [4.69, 9.17) is 30.3 Å². The van der Waals surface area contributed by atoms with Crippen molar-refractivity contribution < 1.29 is 27.9 Å². The molecule has 0 bridgehead atoms. The fourth-order valence-electron chi connectivity index (χ4n) is 2.58. The van der Waals surface area contributed by atoms with Crippen molar-refractivity contribution in [1.29, 1.82) is 0 Å². The van der Waals surface area contributed by atoms with Crippen LogP contribution in [0.2, 0.25) is 5.02 Å². The van der Waals surface area contributed by atoms with E-state index in [-0.39, 0.29) is 25.0 Å². The maximum absolute atomic E-state index is 13.1. The van der Waals surface area contributed by atoms with Gasteiger partial charge in [-0.05, 0) is 36.4 Å². The average Bonchev–Trinajstić information content (AvgIpc) is 3.33. The molecule has 9 heteroatoms. The molecular formula is C19H14ClFN2O5. The first-order valence-corrected chi connectivity index (χ1v) is 8.64. The van der Waals surface area contributed by atoms with Crippen molar-refractivity contribution in [2.75, 3.05) is 18.7 Å². The number of ether oxygens (including phenoxy) is 3. The number of anilines is 1. The number of amides is 1. The van der Waals surface area contributed by atoms with Gasteiger partial charge in [-0.2, -0.15) is 0 Å². The third-order valence-corrected chi connectivity index (χ3v) is 4.19. The molecule has 1 amide bonds. The number of carbonyl (C=O) groups is 1. The molecule has 7 nitrogen and oxygen atoms in total. The van der Waals surface area contributed by atoms with Crippen LogP contribution in [-0.4, -0.2) is 24.5 Å². The van der Waals surface area contributed by atoms with Crippen LogP contribution in [-0.2, 0) is 16.1 Å². The second kappa shape index (κ2) is 7.87. The summed E-state index contributed by atoms with van der Waals surface area (Å²) >= 11 is 5.67. The molecule has 1 aromatic heterocycles. The summed E-state index contributed by atoms with van der Waals surface area (Å²) in [5.41, 5.74) is 1.70. The molecule has 0 saturated heterocycles. The van der Waals surface area contributed by atoms with E-state index in [2.05, 4.69) is 10.5 Å². The van der Waals surface area contributed by atoms with Crippen molar-refractivity contribution >= 4 is 23.2 Å². The molecule has 0 fully saturated rings. The number of nitrogens with zero attached hydrogens (tertiary/aromatic N) is 1. The zero-order chi connectivity index (χ0) is 19.5. The summed E-state index contributed by atoms with van der Waals surface area (Å²) in [5, 5.41) is 6.42. The SMILES string of the molecule is O=C(COCc1cc(-c2ccc3c(c2)OCO3)on1)Nc1ccc(F)c(Cl)c1. The Kier molecular flexibility index (Phi) is 5.14. The van der Waals surface area contributed by atoms with Crippen LogP contribution >= 0.6 is 11.6 Å². The van der Waals surface area contributed by atoms with Gasteiger partial charge in [-0.25, -0.2) is 4.39 Å². The molecule has 2 heterocycles. The van der Waals surface area contributed by atoms with Gasteiger partial charge in [0, 0.05) is 17.3 Å². The predicted molar refractivity (Wildman–Crippen MR) is 97.8 cm³/mol. The number of benzene rings is 2. The van der Waals surface area contributed by atoms with Crippen molar-refractivity contribution in [1.82, 2.24) is 5.16 Å². The van der Waals surface area contributed by atoms with Gasteiger partial charge >= 0.3 is 0 Å². The van der Waals surface area contributed by atoms with Gasteiger partial charge in [0.2, 0.25) is 12.7 Å². The van der Waals surface area contributed by atoms with Gasteiger partial charge in [-0.15, -0.1) is 0 Å². The van der Waals surface area contributed by atoms with Crippen LogP contribution in [0.15, 0.2) is 47.0 Å². The molecule has 0 radical (unpaired) electrons. The molecule has 28 heavy (non-hydrogen) atoms. The minimum absolute atomic E-state index is 0.0719. The Morgan fingerprint density at radius 2 is 2.04 bits per heavy atom. The number of fused-ring (bicyclic) bond motifs is 1. The highest BCUT2D eigenvalue weighted by Crippen LogP contribution is 2.36. The van der Waals surface area contributed by atoms with Gasteiger partial charge in [0.15, 0.2) is 17.3 Å². The minimum Gasteiger partial charge on any atom is -0.454 e. The van der Waals surface area contributed by atoms with Crippen LogP contribution in [0.5, 0.6) is 11.5 Å². The zero-order valence-corrected chi connectivity index (χ0v) is 15.2. The lowest BCUT2D eigenvalue weighted by molar-refractivity contribution is -0.121. The lowest BCUT2D eigenvalue weighted by atomic mass is 10.1. The molecule has 0 atom stereocenters. The van der Waals surface area contributed by atoms with Crippen molar-refractivity contribution in [2.24, 2.45) is 0 Å². The lowest BCUT2D eigenvalue weighted by Gasteiger charge is -2.06. The molecule has 0 aliphatic carbocycles. The van der Waals surface area contributed by atoms with E-state index in [9.17, 15) is 9.18 Å². The number of halogens is 2. The first kappa shape index (κ1) is 18.3. The molecule has 4 rings (SSSR count). The predicted octanol–water partition coefficient (Wildman–Crippen LogP) is 4.02. The van der Waals surface area contributed by atoms with E-state index in [0.29, 0.717) is 28.6 Å². The van der Waals surface area contributed by atoms with Crippen LogP contribution in [0, 0.1) is 5.82 Å². The van der Waals surface area contributed by atoms with E-state index in [1.165, 1.54) is 18.2 Å². The number of carbonyl (C=O) groups excluding carboxylic acids is 1. The molecule has 1 aliphatic rings. The molecule has 144 valence electrons. The van der Waals surface area contributed by atoms with Crippen molar-refractivity contribution in [3.8, 4) is 22.8 Å². The first-order chi connectivity index (χ1) is 13.6. The maximum atomic E-state index is 13.1. The molecular weight excluding hydrogens is 391 g/mol. The highest BCUT2D eigenvalue weighted by atomic mass is 35.5. The molecule has 0 unspecified atom stereocenters. The molecule has 2 aromatic carbocycles. The van der Waals surface area contributed by atoms with Gasteiger partial charge in [-0.3, -0.25) is 4.79 Å². The van der Waals surface area contributed by atoms with Crippen molar-refractivity contribution in [3.05, 3.63) is 59.0 Å². The summed E-state index contributed by atoms with van der Waals surface area (Å²) in [7, 11) is 0. The fourth-order valence-corrected chi connectivity index (χ4v) is 2.77. The van der Waals surface area contributed by atoms with Crippen LogP contribution in [0.1, 0.15) is 5.69 Å². The fraction of sp³-hybridized carbons (Fsp3) is 0.158. The van der Waals surface area contributed by atoms with E-state index in [1.54, 1.807) is 18.2 Å². The average molecular weight is 405 g/mol. The Morgan fingerprint density at radius 3 is 2.89 bits per heavy atom.